The first kappa shape index (κ1) is 10.7. The third kappa shape index (κ3) is 2.60. The van der Waals surface area contributed by atoms with E-state index in [1.165, 1.54) is 31.7 Å². The van der Waals surface area contributed by atoms with Crippen LogP contribution < -0.4 is 0 Å². The summed E-state index contributed by atoms with van der Waals surface area (Å²) in [5.41, 5.74) is 0. The first-order valence-corrected chi connectivity index (χ1v) is 8.10. The fourth-order valence-corrected chi connectivity index (χ4v) is 6.02. The Morgan fingerprint density at radius 3 is 2.07 bits per heavy atom. The molecule has 0 aromatic rings. The van der Waals surface area contributed by atoms with Crippen molar-refractivity contribution in [2.24, 2.45) is 0 Å². The lowest BCUT2D eigenvalue weighted by Crippen LogP contribution is -2.18. The van der Waals surface area contributed by atoms with Crippen LogP contribution in [0, 0.1) is 0 Å². The average molecular weight is 216 g/mol. The van der Waals surface area contributed by atoms with Crippen molar-refractivity contribution in [3.8, 4) is 0 Å². The summed E-state index contributed by atoms with van der Waals surface area (Å²) in [5, 5.41) is 3.52. The highest BCUT2D eigenvalue weighted by Gasteiger charge is 2.20. The second kappa shape index (κ2) is 5.31. The number of hydrogen-bond donors (Lipinski definition) is 0. The van der Waals surface area contributed by atoms with Gasteiger partial charge in [-0.3, -0.25) is 0 Å². The number of unbranched alkanes of at least 4 members (excludes halogenated alkanes) is 1. The molecular weight excluding hydrogens is 196 g/mol. The molecule has 0 atom stereocenters. The molecule has 0 unspecified atom stereocenters. The Hall–Kier alpha value is -0.823. The van der Waals surface area contributed by atoms with Crippen LogP contribution in [0.3, 0.4) is 0 Å². The molecule has 0 saturated heterocycles. The van der Waals surface area contributed by atoms with E-state index < -0.39 is 8.80 Å². The second-order valence-corrected chi connectivity index (χ2v) is 7.61. The van der Waals surface area contributed by atoms with Gasteiger partial charge in [0.05, 0.1) is 8.80 Å². The van der Waals surface area contributed by atoms with Crippen molar-refractivity contribution in [1.29, 1.82) is 0 Å². The maximum atomic E-state index is 2.38. The van der Waals surface area contributed by atoms with Crippen LogP contribution in [-0.4, -0.2) is 8.80 Å². The predicted molar refractivity (Wildman–Crippen MR) is 70.5 cm³/mol. The van der Waals surface area contributed by atoms with E-state index in [9.17, 15) is 0 Å². The zero-order valence-electron chi connectivity index (χ0n) is 9.58. The van der Waals surface area contributed by atoms with Crippen LogP contribution in [0.25, 0.3) is 0 Å². The molecule has 0 amide bonds. The Bertz CT molecular complexity index is 301. The van der Waals surface area contributed by atoms with Crippen molar-refractivity contribution in [1.82, 2.24) is 0 Å². The summed E-state index contributed by atoms with van der Waals surface area (Å²) in [4.78, 5) is 0. The lowest BCUT2D eigenvalue weighted by Gasteiger charge is -2.18. The van der Waals surface area contributed by atoms with Gasteiger partial charge in [0, 0.05) is 0 Å². The van der Waals surface area contributed by atoms with Gasteiger partial charge >= 0.3 is 0 Å². The van der Waals surface area contributed by atoms with Crippen LogP contribution in [0.1, 0.15) is 32.6 Å². The zero-order chi connectivity index (χ0) is 10.5. The average Bonchev–Trinajstić information content (AvgIpc) is 2.90. The van der Waals surface area contributed by atoms with Gasteiger partial charge in [-0.15, -0.1) is 0 Å². The molecule has 0 heterocycles. The fraction of sp³-hybridized carbons (Fsp3) is 0.429. The van der Waals surface area contributed by atoms with Crippen molar-refractivity contribution in [3.63, 3.8) is 0 Å². The summed E-state index contributed by atoms with van der Waals surface area (Å²) in [7, 11) is -0.759. The Kier molecular flexibility index (Phi) is 3.79. The molecular formula is C14H20Si. The van der Waals surface area contributed by atoms with E-state index in [4.69, 9.17) is 0 Å². The maximum absolute atomic E-state index is 2.38. The Balaban J connectivity index is 2.02. The predicted octanol–water partition coefficient (Wildman–Crippen LogP) is 3.86. The molecule has 0 N–H and O–H groups in total. The van der Waals surface area contributed by atoms with Gasteiger partial charge in [0.25, 0.3) is 0 Å². The van der Waals surface area contributed by atoms with Crippen LogP contribution in [0.4, 0.5) is 0 Å². The van der Waals surface area contributed by atoms with E-state index in [-0.39, 0.29) is 0 Å². The van der Waals surface area contributed by atoms with Crippen LogP contribution in [-0.2, 0) is 0 Å². The fourth-order valence-electron chi connectivity index (χ4n) is 2.46. The third-order valence-electron chi connectivity index (χ3n) is 3.34. The van der Waals surface area contributed by atoms with Crippen LogP contribution >= 0.6 is 0 Å². The number of allylic oxidation sites excluding steroid dienone is 8. The summed E-state index contributed by atoms with van der Waals surface area (Å²) in [6, 6.07) is 1.47. The molecule has 0 nitrogen and oxygen atoms in total. The Morgan fingerprint density at radius 2 is 1.67 bits per heavy atom. The van der Waals surface area contributed by atoms with E-state index >= 15 is 0 Å². The first-order chi connectivity index (χ1) is 7.42. The summed E-state index contributed by atoms with van der Waals surface area (Å²) < 4.78 is 0. The highest BCUT2D eigenvalue weighted by atomic mass is 28.3. The normalized spacial score (nSPS) is 18.8. The lowest BCUT2D eigenvalue weighted by molar-refractivity contribution is 0.874. The minimum Gasteiger partial charge on any atom is -0.0809 e. The quantitative estimate of drug-likeness (QED) is 0.612. The van der Waals surface area contributed by atoms with Crippen molar-refractivity contribution < 1.29 is 0 Å². The van der Waals surface area contributed by atoms with E-state index in [0.29, 0.717) is 0 Å². The minimum atomic E-state index is -0.759. The van der Waals surface area contributed by atoms with E-state index in [1.54, 1.807) is 10.4 Å². The molecule has 2 aliphatic rings. The summed E-state index contributed by atoms with van der Waals surface area (Å²) in [5.74, 6) is 0. The molecule has 2 rings (SSSR count). The molecule has 0 bridgehead atoms. The minimum absolute atomic E-state index is 0.759. The van der Waals surface area contributed by atoms with E-state index in [0.717, 1.165) is 0 Å². The SMILES string of the molecule is CCCC[SiH](C1=CC=CC1)C1=CC=CC1. The highest BCUT2D eigenvalue weighted by Crippen LogP contribution is 2.27. The van der Waals surface area contributed by atoms with Gasteiger partial charge in [-0.2, -0.15) is 0 Å². The number of hydrogen-bond acceptors (Lipinski definition) is 0. The van der Waals surface area contributed by atoms with Gasteiger partial charge in [0.1, 0.15) is 0 Å². The maximum Gasteiger partial charge on any atom is 0.0933 e. The molecule has 0 radical (unpaired) electrons. The van der Waals surface area contributed by atoms with Crippen LogP contribution in [0.2, 0.25) is 6.04 Å². The van der Waals surface area contributed by atoms with E-state index in [1.807, 2.05) is 0 Å². The summed E-state index contributed by atoms with van der Waals surface area (Å²) in [6.45, 7) is 2.30. The molecule has 15 heavy (non-hydrogen) atoms. The first-order valence-electron chi connectivity index (χ1n) is 6.13. The van der Waals surface area contributed by atoms with Gasteiger partial charge in [0.15, 0.2) is 0 Å². The molecule has 0 spiro atoms. The van der Waals surface area contributed by atoms with Gasteiger partial charge in [-0.25, -0.2) is 0 Å². The largest absolute Gasteiger partial charge is 0.0933 e. The van der Waals surface area contributed by atoms with Crippen molar-refractivity contribution in [2.75, 3.05) is 0 Å². The molecule has 80 valence electrons. The van der Waals surface area contributed by atoms with Crippen molar-refractivity contribution >= 4 is 8.80 Å². The number of rotatable bonds is 5. The molecule has 0 aromatic carbocycles. The molecule has 0 aromatic heterocycles. The third-order valence-corrected chi connectivity index (χ3v) is 6.97. The topological polar surface area (TPSA) is 0 Å². The molecule has 1 heteroatoms. The van der Waals surface area contributed by atoms with E-state index in [2.05, 4.69) is 43.4 Å². The lowest BCUT2D eigenvalue weighted by atomic mass is 10.4. The monoisotopic (exact) mass is 216 g/mol. The van der Waals surface area contributed by atoms with Crippen molar-refractivity contribution in [2.45, 2.75) is 38.7 Å². The molecule has 2 aliphatic carbocycles. The standard InChI is InChI=1S/C14H20Si/c1-2-3-12-15(13-8-4-5-9-13)14-10-6-7-11-14/h4-8,10,15H,2-3,9,11-12H2,1H3. The van der Waals surface area contributed by atoms with Crippen molar-refractivity contribution in [3.05, 3.63) is 46.8 Å². The summed E-state index contributed by atoms with van der Waals surface area (Å²) >= 11 is 0. The Morgan fingerprint density at radius 1 is 1.07 bits per heavy atom. The second-order valence-electron chi connectivity index (χ2n) is 4.44. The Labute approximate surface area is 94.7 Å². The molecule has 0 fully saturated rings. The zero-order valence-corrected chi connectivity index (χ0v) is 10.7. The van der Waals surface area contributed by atoms with Gasteiger partial charge < -0.3 is 0 Å². The molecule has 0 saturated carbocycles. The van der Waals surface area contributed by atoms with Gasteiger partial charge in [-0.1, -0.05) is 72.7 Å². The summed E-state index contributed by atoms with van der Waals surface area (Å²) in [6.07, 6.45) is 19.1. The van der Waals surface area contributed by atoms with Gasteiger partial charge in [0.2, 0.25) is 0 Å². The van der Waals surface area contributed by atoms with Crippen LogP contribution in [0.5, 0.6) is 0 Å². The van der Waals surface area contributed by atoms with Gasteiger partial charge in [-0.05, 0) is 12.8 Å². The highest BCUT2D eigenvalue weighted by molar-refractivity contribution is 6.74. The molecule has 0 aliphatic heterocycles. The van der Waals surface area contributed by atoms with Crippen LogP contribution in [0.15, 0.2) is 46.8 Å². The smallest absolute Gasteiger partial charge is 0.0809 e.